The summed E-state index contributed by atoms with van der Waals surface area (Å²) in [4.78, 5) is 0. The molecule has 1 aromatic heterocycles. The molecule has 0 atom stereocenters. The molecule has 3 aromatic rings. The van der Waals surface area contributed by atoms with Crippen molar-refractivity contribution in [1.29, 1.82) is 0 Å². The van der Waals surface area contributed by atoms with Crippen molar-refractivity contribution in [2.45, 2.75) is 13.1 Å². The average molecular weight is 334 g/mol. The van der Waals surface area contributed by atoms with E-state index >= 15 is 0 Å². The number of para-hydroxylation sites is 1. The normalized spacial score (nSPS) is 11.2. The lowest BCUT2D eigenvalue weighted by Crippen LogP contribution is -2.04. The monoisotopic (exact) mass is 333 g/mol. The summed E-state index contributed by atoms with van der Waals surface area (Å²) in [6, 6.07) is 12.7. The first-order chi connectivity index (χ1) is 9.69. The van der Waals surface area contributed by atoms with Crippen molar-refractivity contribution in [1.82, 2.24) is 9.78 Å². The van der Waals surface area contributed by atoms with Crippen molar-refractivity contribution in [2.24, 2.45) is 5.73 Å². The summed E-state index contributed by atoms with van der Waals surface area (Å²) in [5.41, 5.74) is 8.62. The summed E-state index contributed by atoms with van der Waals surface area (Å²) in [5.74, 6) is -0.256. The molecular formula is C15H13BrFN3. The van der Waals surface area contributed by atoms with Crippen molar-refractivity contribution in [3.05, 3.63) is 64.0 Å². The Morgan fingerprint density at radius 1 is 1.20 bits per heavy atom. The van der Waals surface area contributed by atoms with Crippen molar-refractivity contribution in [3.63, 3.8) is 0 Å². The van der Waals surface area contributed by atoms with Gasteiger partial charge in [0.25, 0.3) is 0 Å². The van der Waals surface area contributed by atoms with Crippen molar-refractivity contribution < 1.29 is 4.39 Å². The fourth-order valence-corrected chi connectivity index (χ4v) is 2.76. The average Bonchev–Trinajstić information content (AvgIpc) is 2.80. The second-order valence-corrected chi connectivity index (χ2v) is 5.42. The zero-order valence-electron chi connectivity index (χ0n) is 10.7. The molecule has 0 fully saturated rings. The minimum atomic E-state index is -0.256. The predicted octanol–water partition coefficient (Wildman–Crippen LogP) is 3.44. The summed E-state index contributed by atoms with van der Waals surface area (Å²) < 4.78 is 15.8. The molecule has 0 saturated heterocycles. The Hall–Kier alpha value is -1.72. The Labute approximate surface area is 124 Å². The summed E-state index contributed by atoms with van der Waals surface area (Å²) in [7, 11) is 0. The molecule has 0 bridgehead atoms. The van der Waals surface area contributed by atoms with Crippen LogP contribution >= 0.6 is 15.9 Å². The number of aromatic nitrogens is 2. The van der Waals surface area contributed by atoms with Crippen LogP contribution in [-0.2, 0) is 13.1 Å². The number of halogens is 2. The Morgan fingerprint density at radius 3 is 2.75 bits per heavy atom. The van der Waals surface area contributed by atoms with Crippen LogP contribution in [0, 0.1) is 5.82 Å². The summed E-state index contributed by atoms with van der Waals surface area (Å²) in [5, 5.41) is 5.61. The number of benzene rings is 2. The highest BCUT2D eigenvalue weighted by Gasteiger charge is 2.10. The molecule has 0 saturated carbocycles. The third-order valence-electron chi connectivity index (χ3n) is 3.26. The number of hydrogen-bond acceptors (Lipinski definition) is 2. The van der Waals surface area contributed by atoms with Gasteiger partial charge in [0.15, 0.2) is 0 Å². The Kier molecular flexibility index (Phi) is 3.54. The fourth-order valence-electron chi connectivity index (χ4n) is 2.28. The predicted molar refractivity (Wildman–Crippen MR) is 80.8 cm³/mol. The standard InChI is InChI=1S/C15H13BrFN3/c16-13-7-11(17)6-5-10(13)9-20-15-4-2-1-3-12(15)14(8-18)19-20/h1-7H,8-9,18H2. The Balaban J connectivity index is 2.06. The van der Waals surface area contributed by atoms with Crippen LogP contribution in [0.5, 0.6) is 0 Å². The van der Waals surface area contributed by atoms with E-state index in [2.05, 4.69) is 21.0 Å². The number of hydrogen-bond donors (Lipinski definition) is 1. The highest BCUT2D eigenvalue weighted by atomic mass is 79.9. The molecule has 0 amide bonds. The molecule has 20 heavy (non-hydrogen) atoms. The van der Waals surface area contributed by atoms with Crippen molar-refractivity contribution in [2.75, 3.05) is 0 Å². The highest BCUT2D eigenvalue weighted by molar-refractivity contribution is 9.10. The first kappa shape index (κ1) is 13.3. The van der Waals surface area contributed by atoms with E-state index < -0.39 is 0 Å². The van der Waals surface area contributed by atoms with E-state index in [-0.39, 0.29) is 5.82 Å². The second-order valence-electron chi connectivity index (χ2n) is 4.56. The van der Waals surface area contributed by atoms with Crippen LogP contribution in [0.3, 0.4) is 0 Å². The van der Waals surface area contributed by atoms with E-state index in [1.807, 2.05) is 28.9 Å². The maximum absolute atomic E-state index is 13.1. The minimum absolute atomic E-state index is 0.256. The Morgan fingerprint density at radius 2 is 2.00 bits per heavy atom. The maximum Gasteiger partial charge on any atom is 0.124 e. The molecule has 102 valence electrons. The molecule has 2 N–H and O–H groups in total. The van der Waals surface area contributed by atoms with Gasteiger partial charge >= 0.3 is 0 Å². The maximum atomic E-state index is 13.1. The molecular weight excluding hydrogens is 321 g/mol. The van der Waals surface area contributed by atoms with Gasteiger partial charge in [-0.05, 0) is 23.8 Å². The van der Waals surface area contributed by atoms with Crippen molar-refractivity contribution in [3.8, 4) is 0 Å². The van der Waals surface area contributed by atoms with Crippen LogP contribution in [0.4, 0.5) is 4.39 Å². The lowest BCUT2D eigenvalue weighted by atomic mass is 10.2. The van der Waals surface area contributed by atoms with Gasteiger partial charge in [0.1, 0.15) is 5.82 Å². The topological polar surface area (TPSA) is 43.8 Å². The van der Waals surface area contributed by atoms with Crippen LogP contribution in [0.1, 0.15) is 11.3 Å². The summed E-state index contributed by atoms with van der Waals surface area (Å²) >= 11 is 3.39. The molecule has 5 heteroatoms. The van der Waals surface area contributed by atoms with Crippen molar-refractivity contribution >= 4 is 26.8 Å². The van der Waals surface area contributed by atoms with E-state index in [9.17, 15) is 4.39 Å². The molecule has 3 rings (SSSR count). The number of rotatable bonds is 3. The second kappa shape index (κ2) is 5.34. The third-order valence-corrected chi connectivity index (χ3v) is 4.00. The van der Waals surface area contributed by atoms with E-state index in [0.717, 1.165) is 26.6 Å². The lowest BCUT2D eigenvalue weighted by molar-refractivity contribution is 0.623. The van der Waals surface area contributed by atoms with Gasteiger partial charge in [-0.1, -0.05) is 40.2 Å². The van der Waals surface area contributed by atoms with Gasteiger partial charge in [-0.25, -0.2) is 4.39 Å². The number of fused-ring (bicyclic) bond motifs is 1. The van der Waals surface area contributed by atoms with E-state index in [4.69, 9.17) is 5.73 Å². The molecule has 0 spiro atoms. The quantitative estimate of drug-likeness (QED) is 0.797. The number of nitrogens with zero attached hydrogens (tertiary/aromatic N) is 2. The fraction of sp³-hybridized carbons (Fsp3) is 0.133. The van der Waals surface area contributed by atoms with Gasteiger partial charge in [-0.3, -0.25) is 4.68 Å². The zero-order chi connectivity index (χ0) is 14.1. The zero-order valence-corrected chi connectivity index (χ0v) is 12.3. The summed E-state index contributed by atoms with van der Waals surface area (Å²) in [6.07, 6.45) is 0. The first-order valence-corrected chi connectivity index (χ1v) is 7.07. The SMILES string of the molecule is NCc1nn(Cc2ccc(F)cc2Br)c2ccccc12. The van der Waals surface area contributed by atoms with Gasteiger partial charge in [0.2, 0.25) is 0 Å². The molecule has 0 radical (unpaired) electrons. The van der Waals surface area contributed by atoms with E-state index in [0.29, 0.717) is 13.1 Å². The van der Waals surface area contributed by atoms with Crippen LogP contribution in [0.25, 0.3) is 10.9 Å². The highest BCUT2D eigenvalue weighted by Crippen LogP contribution is 2.23. The van der Waals surface area contributed by atoms with E-state index in [1.54, 1.807) is 6.07 Å². The van der Waals surface area contributed by atoms with Crippen LogP contribution in [0.2, 0.25) is 0 Å². The third kappa shape index (κ3) is 2.34. The first-order valence-electron chi connectivity index (χ1n) is 6.27. The largest absolute Gasteiger partial charge is 0.325 e. The molecule has 0 aliphatic heterocycles. The van der Waals surface area contributed by atoms with E-state index in [1.165, 1.54) is 12.1 Å². The molecule has 3 nitrogen and oxygen atoms in total. The van der Waals surface area contributed by atoms with Gasteiger partial charge in [0.05, 0.1) is 17.8 Å². The minimum Gasteiger partial charge on any atom is -0.325 e. The number of nitrogens with two attached hydrogens (primary N) is 1. The molecule has 1 heterocycles. The molecule has 0 aliphatic carbocycles. The van der Waals surface area contributed by atoms with Crippen LogP contribution in [-0.4, -0.2) is 9.78 Å². The van der Waals surface area contributed by atoms with Gasteiger partial charge < -0.3 is 5.73 Å². The van der Waals surface area contributed by atoms with Gasteiger partial charge in [0, 0.05) is 16.4 Å². The smallest absolute Gasteiger partial charge is 0.124 e. The summed E-state index contributed by atoms with van der Waals surface area (Å²) in [6.45, 7) is 0.972. The van der Waals surface area contributed by atoms with Gasteiger partial charge in [-0.15, -0.1) is 0 Å². The lowest BCUT2D eigenvalue weighted by Gasteiger charge is -2.06. The van der Waals surface area contributed by atoms with Crippen LogP contribution < -0.4 is 5.73 Å². The van der Waals surface area contributed by atoms with Crippen LogP contribution in [0.15, 0.2) is 46.9 Å². The molecule has 0 unspecified atom stereocenters. The molecule has 0 aliphatic rings. The Bertz CT molecular complexity index is 767. The molecule has 2 aromatic carbocycles. The van der Waals surface area contributed by atoms with Gasteiger partial charge in [-0.2, -0.15) is 5.10 Å².